The monoisotopic (exact) mass is 583 g/mol. The van der Waals surface area contributed by atoms with Crippen LogP contribution < -0.4 is 9.64 Å². The summed E-state index contributed by atoms with van der Waals surface area (Å²) in [5, 5.41) is 20.4. The van der Waals surface area contributed by atoms with E-state index in [-0.39, 0.29) is 16.5 Å². The van der Waals surface area contributed by atoms with Gasteiger partial charge >= 0.3 is 5.91 Å². The second-order valence-corrected chi connectivity index (χ2v) is 12.0. The van der Waals surface area contributed by atoms with Crippen molar-refractivity contribution in [3.63, 3.8) is 0 Å². The number of rotatable bonds is 9. The van der Waals surface area contributed by atoms with Crippen LogP contribution in [-0.2, 0) is 15.3 Å². The zero-order valence-corrected chi connectivity index (χ0v) is 24.6. The molecule has 41 heavy (non-hydrogen) atoms. The first-order chi connectivity index (χ1) is 19.8. The number of aliphatic hydroxyl groups is 1. The van der Waals surface area contributed by atoms with Crippen LogP contribution in [0.25, 0.3) is 5.76 Å². The lowest BCUT2D eigenvalue weighted by Crippen LogP contribution is -2.29. The molecule has 1 amide bonds. The van der Waals surface area contributed by atoms with Gasteiger partial charge in [-0.1, -0.05) is 95.4 Å². The highest BCUT2D eigenvalue weighted by Crippen LogP contribution is 2.44. The third-order valence-corrected chi connectivity index (χ3v) is 8.87. The lowest BCUT2D eigenvalue weighted by molar-refractivity contribution is -0.132. The number of Topliss-reactive ketones (excluding diaryl/α,β-unsaturated/α-hetero) is 1. The largest absolute Gasteiger partial charge is 0.507 e. The van der Waals surface area contributed by atoms with E-state index >= 15 is 0 Å². The molecule has 0 aliphatic carbocycles. The molecule has 1 saturated heterocycles. The molecule has 208 valence electrons. The van der Waals surface area contributed by atoms with Crippen molar-refractivity contribution in [1.82, 2.24) is 10.2 Å². The standard InChI is InChI=1S/C32H29N3O4S2/c1-5-16-39-24-14-12-23(13-15-24)27-26(28(36)25-17-20(3)6-9-21(25)4)29(37)30(38)35(27)31-33-34-32(41-31)40-18-22-10-7-19(2)8-11-22/h5-15,17,27,36H,1,16,18H2,2-4H3/b28-26+. The molecule has 1 atom stereocenters. The second kappa shape index (κ2) is 12.1. The van der Waals surface area contributed by atoms with Gasteiger partial charge in [-0.15, -0.1) is 10.2 Å². The van der Waals surface area contributed by atoms with Crippen LogP contribution in [0.2, 0.25) is 0 Å². The van der Waals surface area contributed by atoms with Crippen molar-refractivity contribution in [3.8, 4) is 5.75 Å². The number of amides is 1. The van der Waals surface area contributed by atoms with E-state index in [1.54, 1.807) is 30.3 Å². The predicted octanol–water partition coefficient (Wildman–Crippen LogP) is 6.95. The van der Waals surface area contributed by atoms with Crippen LogP contribution in [-0.4, -0.2) is 33.6 Å². The molecule has 4 aromatic rings. The fourth-order valence-corrected chi connectivity index (χ4v) is 6.39. The van der Waals surface area contributed by atoms with Crippen LogP contribution in [0.5, 0.6) is 5.75 Å². The first-order valence-electron chi connectivity index (χ1n) is 13.0. The smallest absolute Gasteiger partial charge is 0.301 e. The summed E-state index contributed by atoms with van der Waals surface area (Å²) in [4.78, 5) is 28.4. The zero-order valence-electron chi connectivity index (χ0n) is 23.0. The third kappa shape index (κ3) is 5.96. The number of aryl methyl sites for hydroxylation is 3. The lowest BCUT2D eigenvalue weighted by Gasteiger charge is -2.23. The van der Waals surface area contributed by atoms with Gasteiger partial charge in [-0.2, -0.15) is 0 Å². The van der Waals surface area contributed by atoms with Gasteiger partial charge in [0.1, 0.15) is 18.1 Å². The molecule has 5 rings (SSSR count). The van der Waals surface area contributed by atoms with Crippen molar-refractivity contribution < 1.29 is 19.4 Å². The Bertz CT molecular complexity index is 1640. The molecular formula is C32H29N3O4S2. The van der Waals surface area contributed by atoms with E-state index in [2.05, 4.69) is 41.0 Å². The van der Waals surface area contributed by atoms with Crippen LogP contribution in [0.15, 0.2) is 89.3 Å². The Labute approximate surface area is 247 Å². The molecule has 2 heterocycles. The van der Waals surface area contributed by atoms with Crippen LogP contribution in [0.3, 0.4) is 0 Å². The molecule has 1 aromatic heterocycles. The Balaban J connectivity index is 1.55. The van der Waals surface area contributed by atoms with Crippen molar-refractivity contribution in [2.75, 3.05) is 11.5 Å². The maximum absolute atomic E-state index is 13.5. The van der Waals surface area contributed by atoms with Gasteiger partial charge in [0.05, 0.1) is 11.6 Å². The van der Waals surface area contributed by atoms with Crippen LogP contribution in [0, 0.1) is 20.8 Å². The summed E-state index contributed by atoms with van der Waals surface area (Å²) in [6.07, 6.45) is 1.65. The fraction of sp³-hybridized carbons (Fsp3) is 0.188. The molecule has 1 N–H and O–H groups in total. The highest BCUT2D eigenvalue weighted by molar-refractivity contribution is 8.00. The molecule has 3 aromatic carbocycles. The predicted molar refractivity (Wildman–Crippen MR) is 163 cm³/mol. The maximum atomic E-state index is 13.5. The molecule has 0 saturated carbocycles. The van der Waals surface area contributed by atoms with Crippen molar-refractivity contribution >= 4 is 45.7 Å². The minimum Gasteiger partial charge on any atom is -0.507 e. The first kappa shape index (κ1) is 28.3. The average molecular weight is 584 g/mol. The number of hydrogen-bond acceptors (Lipinski definition) is 8. The van der Waals surface area contributed by atoms with E-state index in [0.29, 0.717) is 33.6 Å². The Hall–Kier alpha value is -4.21. The number of aromatic nitrogens is 2. The number of anilines is 1. The van der Waals surface area contributed by atoms with Gasteiger partial charge in [-0.05, 0) is 55.7 Å². The lowest BCUT2D eigenvalue weighted by atomic mass is 9.93. The molecule has 1 unspecified atom stereocenters. The second-order valence-electron chi connectivity index (χ2n) is 9.78. The van der Waals surface area contributed by atoms with Crippen molar-refractivity contribution in [1.29, 1.82) is 0 Å². The minimum absolute atomic E-state index is 0.00696. The number of nitrogens with zero attached hydrogens (tertiary/aromatic N) is 3. The van der Waals surface area contributed by atoms with E-state index in [9.17, 15) is 14.7 Å². The molecule has 0 bridgehead atoms. The number of hydrogen-bond donors (Lipinski definition) is 1. The van der Waals surface area contributed by atoms with Crippen LogP contribution >= 0.6 is 23.1 Å². The quantitative estimate of drug-likeness (QED) is 0.0569. The number of ketones is 1. The molecule has 9 heteroatoms. The van der Waals surface area contributed by atoms with Gasteiger partial charge in [-0.25, -0.2) is 0 Å². The summed E-state index contributed by atoms with van der Waals surface area (Å²) >= 11 is 2.75. The van der Waals surface area contributed by atoms with Gasteiger partial charge in [0.15, 0.2) is 4.34 Å². The Morgan fingerprint density at radius 1 is 1.02 bits per heavy atom. The summed E-state index contributed by atoms with van der Waals surface area (Å²) < 4.78 is 6.29. The van der Waals surface area contributed by atoms with Gasteiger partial charge < -0.3 is 9.84 Å². The number of thioether (sulfide) groups is 1. The SMILES string of the molecule is C=CCOc1ccc(C2/C(=C(\O)c3cc(C)ccc3C)C(=O)C(=O)N2c2nnc(SCc3ccc(C)cc3)s2)cc1. The van der Waals surface area contributed by atoms with Crippen molar-refractivity contribution in [2.24, 2.45) is 0 Å². The molecule has 1 aliphatic rings. The van der Waals surface area contributed by atoms with Gasteiger partial charge in [0, 0.05) is 11.3 Å². The summed E-state index contributed by atoms with van der Waals surface area (Å²) in [5.41, 5.74) is 5.19. The normalized spacial score (nSPS) is 16.3. The summed E-state index contributed by atoms with van der Waals surface area (Å²) in [7, 11) is 0. The number of carbonyl (C=O) groups excluding carboxylic acids is 2. The van der Waals surface area contributed by atoms with E-state index in [4.69, 9.17) is 4.74 Å². The highest BCUT2D eigenvalue weighted by Gasteiger charge is 2.48. The fourth-order valence-electron chi connectivity index (χ4n) is 4.57. The van der Waals surface area contributed by atoms with E-state index in [0.717, 1.165) is 16.7 Å². The van der Waals surface area contributed by atoms with Gasteiger partial charge in [0.25, 0.3) is 5.78 Å². The van der Waals surface area contributed by atoms with Crippen LogP contribution in [0.4, 0.5) is 5.13 Å². The number of aliphatic hydroxyl groups excluding tert-OH is 1. The highest BCUT2D eigenvalue weighted by atomic mass is 32.2. The van der Waals surface area contributed by atoms with E-state index in [1.807, 2.05) is 39.0 Å². The topological polar surface area (TPSA) is 92.6 Å². The number of benzene rings is 3. The molecule has 7 nitrogen and oxygen atoms in total. The third-order valence-electron chi connectivity index (χ3n) is 6.74. The first-order valence-corrected chi connectivity index (χ1v) is 14.8. The van der Waals surface area contributed by atoms with Gasteiger partial charge in [-0.3, -0.25) is 14.5 Å². The summed E-state index contributed by atoms with van der Waals surface area (Å²) in [5.74, 6) is -0.450. The minimum atomic E-state index is -0.897. The molecule has 1 aliphatic heterocycles. The van der Waals surface area contributed by atoms with E-state index in [1.165, 1.54) is 33.6 Å². The summed E-state index contributed by atoms with van der Waals surface area (Å²) in [6, 6.07) is 20.1. The number of ether oxygens (including phenoxy) is 1. The summed E-state index contributed by atoms with van der Waals surface area (Å²) in [6.45, 7) is 9.82. The van der Waals surface area contributed by atoms with Crippen molar-refractivity contribution in [2.45, 2.75) is 36.9 Å². The maximum Gasteiger partial charge on any atom is 0.301 e. The average Bonchev–Trinajstić information content (AvgIpc) is 3.54. The zero-order chi connectivity index (χ0) is 29.1. The Morgan fingerprint density at radius 3 is 2.44 bits per heavy atom. The van der Waals surface area contributed by atoms with Crippen molar-refractivity contribution in [3.05, 3.63) is 118 Å². The molecule has 0 spiro atoms. The van der Waals surface area contributed by atoms with E-state index < -0.39 is 17.7 Å². The Morgan fingerprint density at radius 2 is 1.73 bits per heavy atom. The molecule has 1 fully saturated rings. The molecule has 0 radical (unpaired) electrons. The number of carbonyl (C=O) groups is 2. The van der Waals surface area contributed by atoms with Gasteiger partial charge in [0.2, 0.25) is 5.13 Å². The van der Waals surface area contributed by atoms with Crippen LogP contribution in [0.1, 0.15) is 39.4 Å². The molecular weight excluding hydrogens is 555 g/mol. The Kier molecular flexibility index (Phi) is 8.37.